The molecule has 92 valence electrons. The van der Waals surface area contributed by atoms with Gasteiger partial charge in [-0.15, -0.1) is 0 Å². The van der Waals surface area contributed by atoms with E-state index in [1.165, 1.54) is 7.05 Å². The Kier molecular flexibility index (Phi) is 4.78. The number of aliphatic carboxylic acids is 1. The molecule has 1 N–H and O–H groups in total. The lowest BCUT2D eigenvalue weighted by molar-refractivity contribution is -0.137. The van der Waals surface area contributed by atoms with Crippen LogP contribution in [0.15, 0.2) is 24.3 Å². The monoisotopic (exact) mass is 257 g/mol. The number of ether oxygens (including phenoxy) is 1. The smallest absolute Gasteiger partial charge is 0.410 e. The van der Waals surface area contributed by atoms with Crippen LogP contribution in [0.25, 0.3) is 0 Å². The fourth-order valence-electron chi connectivity index (χ4n) is 1.15. The van der Waals surface area contributed by atoms with Gasteiger partial charge in [0.15, 0.2) is 0 Å². The van der Waals surface area contributed by atoms with Crippen molar-refractivity contribution in [2.75, 3.05) is 13.6 Å². The number of hydrogen-bond donors (Lipinski definition) is 1. The summed E-state index contributed by atoms with van der Waals surface area (Å²) in [6, 6.07) is 6.89. The molecule has 6 heteroatoms. The average molecular weight is 258 g/mol. The first-order chi connectivity index (χ1) is 7.99. The third kappa shape index (κ3) is 4.74. The number of likely N-dealkylation sites (N-methyl/N-ethyl adjacent to an activating group) is 1. The van der Waals surface area contributed by atoms with Crippen LogP contribution in [0.3, 0.4) is 0 Å². The predicted octanol–water partition coefficient (Wildman–Crippen LogP) is 1.99. The number of nitrogens with zero attached hydrogens (tertiary/aromatic N) is 1. The number of carboxylic acid groups (broad SMARTS) is 1. The summed E-state index contributed by atoms with van der Waals surface area (Å²) in [5.41, 5.74) is 0.745. The van der Waals surface area contributed by atoms with Crippen LogP contribution in [0.4, 0.5) is 4.79 Å². The molecular formula is C11H12ClNO4. The maximum Gasteiger partial charge on any atom is 0.410 e. The Morgan fingerprint density at radius 1 is 1.47 bits per heavy atom. The van der Waals surface area contributed by atoms with E-state index in [4.69, 9.17) is 21.4 Å². The summed E-state index contributed by atoms with van der Waals surface area (Å²) in [4.78, 5) is 22.7. The highest BCUT2D eigenvalue weighted by Crippen LogP contribution is 2.11. The molecule has 5 nitrogen and oxygen atoms in total. The van der Waals surface area contributed by atoms with Crippen LogP contribution in [0.2, 0.25) is 5.02 Å². The summed E-state index contributed by atoms with van der Waals surface area (Å²) in [5.74, 6) is -1.09. The van der Waals surface area contributed by atoms with E-state index in [1.807, 2.05) is 0 Å². The van der Waals surface area contributed by atoms with Crippen molar-refractivity contribution in [2.24, 2.45) is 0 Å². The van der Waals surface area contributed by atoms with Gasteiger partial charge in [-0.3, -0.25) is 4.79 Å². The Balaban J connectivity index is 2.45. The molecule has 0 atom stereocenters. The molecule has 1 aromatic carbocycles. The number of benzene rings is 1. The molecule has 0 aliphatic rings. The molecule has 0 spiro atoms. The molecule has 0 aliphatic heterocycles. The summed E-state index contributed by atoms with van der Waals surface area (Å²) < 4.78 is 4.91. The second-order valence-corrected chi connectivity index (χ2v) is 3.87. The van der Waals surface area contributed by atoms with E-state index in [9.17, 15) is 9.59 Å². The summed E-state index contributed by atoms with van der Waals surface area (Å²) in [5, 5.41) is 9.04. The molecule has 0 bridgehead atoms. The number of rotatable bonds is 4. The van der Waals surface area contributed by atoms with E-state index in [0.29, 0.717) is 5.02 Å². The highest BCUT2D eigenvalue weighted by molar-refractivity contribution is 6.30. The Morgan fingerprint density at radius 3 is 2.76 bits per heavy atom. The van der Waals surface area contributed by atoms with Crippen LogP contribution in [-0.4, -0.2) is 35.7 Å². The van der Waals surface area contributed by atoms with Crippen molar-refractivity contribution in [1.82, 2.24) is 4.90 Å². The predicted molar refractivity (Wildman–Crippen MR) is 61.9 cm³/mol. The fraction of sp³-hybridized carbons (Fsp3) is 0.273. The molecule has 0 fully saturated rings. The first-order valence-electron chi connectivity index (χ1n) is 4.83. The van der Waals surface area contributed by atoms with Crippen molar-refractivity contribution >= 4 is 23.7 Å². The van der Waals surface area contributed by atoms with Crippen LogP contribution in [0.1, 0.15) is 5.56 Å². The Bertz CT molecular complexity index is 422. The van der Waals surface area contributed by atoms with E-state index in [-0.39, 0.29) is 6.61 Å². The second-order valence-electron chi connectivity index (χ2n) is 3.43. The van der Waals surface area contributed by atoms with Crippen molar-refractivity contribution in [3.05, 3.63) is 34.9 Å². The Labute approximate surface area is 104 Å². The van der Waals surface area contributed by atoms with E-state index in [1.54, 1.807) is 24.3 Å². The van der Waals surface area contributed by atoms with Gasteiger partial charge in [0, 0.05) is 12.1 Å². The normalized spacial score (nSPS) is 9.76. The zero-order valence-corrected chi connectivity index (χ0v) is 9.98. The molecule has 1 aromatic rings. The van der Waals surface area contributed by atoms with Gasteiger partial charge in [0.1, 0.15) is 13.2 Å². The Morgan fingerprint density at radius 2 is 2.18 bits per heavy atom. The molecule has 0 radical (unpaired) electrons. The molecule has 17 heavy (non-hydrogen) atoms. The van der Waals surface area contributed by atoms with E-state index < -0.39 is 18.6 Å². The van der Waals surface area contributed by atoms with E-state index in [0.717, 1.165) is 10.5 Å². The average Bonchev–Trinajstić information content (AvgIpc) is 2.25. The van der Waals surface area contributed by atoms with Gasteiger partial charge < -0.3 is 14.7 Å². The third-order valence-electron chi connectivity index (χ3n) is 1.94. The number of halogens is 1. The highest BCUT2D eigenvalue weighted by Gasteiger charge is 2.13. The van der Waals surface area contributed by atoms with Crippen molar-refractivity contribution in [2.45, 2.75) is 6.61 Å². The summed E-state index contributed by atoms with van der Waals surface area (Å²) >= 11 is 5.76. The summed E-state index contributed by atoms with van der Waals surface area (Å²) in [6.07, 6.45) is -0.688. The number of carbonyl (C=O) groups excluding carboxylic acids is 1. The van der Waals surface area contributed by atoms with Gasteiger partial charge in [-0.2, -0.15) is 0 Å². The molecule has 0 unspecified atom stereocenters. The van der Waals surface area contributed by atoms with Crippen molar-refractivity contribution < 1.29 is 19.4 Å². The number of amides is 1. The SMILES string of the molecule is CN(CC(=O)O)C(=O)OCc1cccc(Cl)c1. The van der Waals surface area contributed by atoms with Gasteiger partial charge in [-0.05, 0) is 17.7 Å². The minimum absolute atomic E-state index is 0.0589. The van der Waals surface area contributed by atoms with Gasteiger partial charge in [-0.1, -0.05) is 23.7 Å². The van der Waals surface area contributed by atoms with Gasteiger partial charge in [0.05, 0.1) is 0 Å². The summed E-state index contributed by atoms with van der Waals surface area (Å²) in [7, 11) is 1.36. The van der Waals surface area contributed by atoms with Crippen LogP contribution >= 0.6 is 11.6 Å². The molecule has 1 rings (SSSR count). The molecular weight excluding hydrogens is 246 g/mol. The maximum absolute atomic E-state index is 11.3. The van der Waals surface area contributed by atoms with Gasteiger partial charge in [0.25, 0.3) is 0 Å². The quantitative estimate of drug-likeness (QED) is 0.896. The topological polar surface area (TPSA) is 66.8 Å². The number of carboxylic acids is 1. The highest BCUT2D eigenvalue weighted by atomic mass is 35.5. The second kappa shape index (κ2) is 6.10. The molecule has 0 saturated carbocycles. The minimum Gasteiger partial charge on any atom is -0.480 e. The molecule has 0 saturated heterocycles. The molecule has 0 aliphatic carbocycles. The Hall–Kier alpha value is -1.75. The summed E-state index contributed by atoms with van der Waals surface area (Å²) in [6.45, 7) is -0.336. The standard InChI is InChI=1S/C11H12ClNO4/c1-13(6-10(14)15)11(16)17-7-8-3-2-4-9(12)5-8/h2-5H,6-7H2,1H3,(H,14,15). The van der Waals surface area contributed by atoms with Crippen molar-refractivity contribution in [1.29, 1.82) is 0 Å². The first-order valence-corrected chi connectivity index (χ1v) is 5.21. The molecule has 1 amide bonds. The van der Waals surface area contributed by atoms with Gasteiger partial charge in [-0.25, -0.2) is 4.79 Å². The maximum atomic E-state index is 11.3. The van der Waals surface area contributed by atoms with E-state index >= 15 is 0 Å². The third-order valence-corrected chi connectivity index (χ3v) is 2.17. The zero-order valence-electron chi connectivity index (χ0n) is 9.22. The molecule has 0 heterocycles. The van der Waals surface area contributed by atoms with E-state index in [2.05, 4.69) is 0 Å². The largest absolute Gasteiger partial charge is 0.480 e. The molecule has 0 aromatic heterocycles. The lowest BCUT2D eigenvalue weighted by Gasteiger charge is -2.14. The minimum atomic E-state index is -1.09. The van der Waals surface area contributed by atoms with Crippen LogP contribution in [0.5, 0.6) is 0 Å². The number of hydrogen-bond acceptors (Lipinski definition) is 3. The van der Waals surface area contributed by atoms with Crippen LogP contribution < -0.4 is 0 Å². The number of carbonyl (C=O) groups is 2. The first kappa shape index (κ1) is 13.3. The zero-order chi connectivity index (χ0) is 12.8. The van der Waals surface area contributed by atoms with Gasteiger partial charge in [0.2, 0.25) is 0 Å². The van der Waals surface area contributed by atoms with Crippen LogP contribution in [-0.2, 0) is 16.1 Å². The fourth-order valence-corrected chi connectivity index (χ4v) is 1.36. The van der Waals surface area contributed by atoms with Crippen molar-refractivity contribution in [3.63, 3.8) is 0 Å². The van der Waals surface area contributed by atoms with Crippen LogP contribution in [0, 0.1) is 0 Å². The van der Waals surface area contributed by atoms with Gasteiger partial charge >= 0.3 is 12.1 Å². The van der Waals surface area contributed by atoms with Crippen molar-refractivity contribution in [3.8, 4) is 0 Å². The lowest BCUT2D eigenvalue weighted by atomic mass is 10.2. The lowest BCUT2D eigenvalue weighted by Crippen LogP contribution is -2.32.